The molecule has 0 saturated carbocycles. The Labute approximate surface area is 245 Å². The fourth-order valence-electron chi connectivity index (χ4n) is 5.20. The van der Waals surface area contributed by atoms with Crippen LogP contribution in [0.25, 0.3) is 10.9 Å². The summed E-state index contributed by atoms with van der Waals surface area (Å²) in [5.74, 6) is -1.76. The Kier molecular flexibility index (Phi) is 8.80. The molecular formula is C30H37Cl2N5O3. The molecule has 1 aromatic heterocycles. The fraction of sp³-hybridized carbons (Fsp3) is 0.467. The molecule has 2 aromatic carbocycles. The molecule has 1 saturated heterocycles. The Morgan fingerprint density at radius 3 is 2.50 bits per heavy atom. The van der Waals surface area contributed by atoms with Gasteiger partial charge in [0, 0.05) is 46.8 Å². The van der Waals surface area contributed by atoms with Crippen LogP contribution in [-0.2, 0) is 14.3 Å². The van der Waals surface area contributed by atoms with E-state index in [2.05, 4.69) is 35.1 Å². The number of hydrogen-bond acceptors (Lipinski definition) is 6. The zero-order valence-corrected chi connectivity index (χ0v) is 25.4. The van der Waals surface area contributed by atoms with Gasteiger partial charge in [0.1, 0.15) is 11.3 Å². The van der Waals surface area contributed by atoms with Crippen LogP contribution in [0.4, 0.5) is 5.69 Å². The van der Waals surface area contributed by atoms with E-state index in [4.69, 9.17) is 33.3 Å². The number of benzene rings is 2. The molecule has 0 unspecified atom stereocenters. The van der Waals surface area contributed by atoms with Crippen molar-refractivity contribution in [2.75, 3.05) is 24.5 Å². The highest BCUT2D eigenvalue weighted by Gasteiger charge is 2.36. The number of halogens is 2. The summed E-state index contributed by atoms with van der Waals surface area (Å²) >= 11 is 12.6. The van der Waals surface area contributed by atoms with Crippen LogP contribution in [0.2, 0.25) is 10.0 Å². The van der Waals surface area contributed by atoms with Gasteiger partial charge in [0.2, 0.25) is 5.91 Å². The summed E-state index contributed by atoms with van der Waals surface area (Å²) in [6, 6.07) is 11.6. The van der Waals surface area contributed by atoms with Crippen molar-refractivity contribution in [1.82, 2.24) is 14.7 Å². The highest BCUT2D eigenvalue weighted by atomic mass is 35.5. The van der Waals surface area contributed by atoms with E-state index in [1.807, 2.05) is 36.9 Å². The lowest BCUT2D eigenvalue weighted by Gasteiger charge is -2.42. The molecule has 10 heteroatoms. The van der Waals surface area contributed by atoms with Gasteiger partial charge < -0.3 is 14.5 Å². The van der Waals surface area contributed by atoms with Crippen LogP contribution >= 0.6 is 23.2 Å². The maximum atomic E-state index is 13.5. The van der Waals surface area contributed by atoms with Gasteiger partial charge in [0.25, 0.3) is 0 Å². The van der Waals surface area contributed by atoms with Crippen LogP contribution in [0, 0.1) is 11.3 Å². The quantitative estimate of drug-likeness (QED) is 0.256. The molecule has 0 bridgehead atoms. The number of ether oxygens (including phenoxy) is 1. The van der Waals surface area contributed by atoms with Crippen molar-refractivity contribution in [2.24, 2.45) is 5.92 Å². The SMILES string of the molecule is CC[C@H](C(=N)C(=O)OC(C)(C)C)C(=O)N1CCN(c2ccc3cnn([C@H](C)c4ccc(Cl)cc4Cl)c3c2)C[C@H]1C. The molecule has 3 aromatic rings. The molecule has 0 radical (unpaired) electrons. The molecular weight excluding hydrogens is 549 g/mol. The largest absolute Gasteiger partial charge is 0.455 e. The molecule has 0 aliphatic carbocycles. The van der Waals surface area contributed by atoms with Crippen LogP contribution in [0.1, 0.15) is 59.6 Å². The number of rotatable bonds is 7. The molecule has 214 valence electrons. The second-order valence-electron chi connectivity index (χ2n) is 11.4. The molecule has 8 nitrogen and oxygen atoms in total. The van der Waals surface area contributed by atoms with Crippen molar-refractivity contribution in [3.63, 3.8) is 0 Å². The second-order valence-corrected chi connectivity index (χ2v) is 12.2. The number of aromatic nitrogens is 2. The third kappa shape index (κ3) is 6.28. The van der Waals surface area contributed by atoms with Crippen molar-refractivity contribution in [3.05, 3.63) is 58.2 Å². The number of fused-ring (bicyclic) bond motifs is 1. The highest BCUT2D eigenvalue weighted by molar-refractivity contribution is 6.39. The van der Waals surface area contributed by atoms with Crippen LogP contribution < -0.4 is 4.90 Å². The first-order valence-electron chi connectivity index (χ1n) is 13.6. The molecule has 3 atom stereocenters. The van der Waals surface area contributed by atoms with Crippen molar-refractivity contribution < 1.29 is 14.3 Å². The Bertz CT molecular complexity index is 1430. The Hall–Kier alpha value is -3.10. The van der Waals surface area contributed by atoms with Crippen molar-refractivity contribution >= 4 is 57.4 Å². The zero-order chi connectivity index (χ0) is 29.4. The van der Waals surface area contributed by atoms with Gasteiger partial charge in [-0.2, -0.15) is 5.10 Å². The number of nitrogens with one attached hydrogen (secondary N) is 1. The van der Waals surface area contributed by atoms with E-state index in [1.54, 1.807) is 31.7 Å². The Morgan fingerprint density at radius 2 is 1.88 bits per heavy atom. The maximum absolute atomic E-state index is 13.5. The third-order valence-electron chi connectivity index (χ3n) is 7.31. The lowest BCUT2D eigenvalue weighted by molar-refractivity contribution is -0.148. The number of carbonyl (C=O) groups is 2. The minimum atomic E-state index is -0.823. The molecule has 4 rings (SSSR count). The van der Waals surface area contributed by atoms with Crippen molar-refractivity contribution in [3.8, 4) is 0 Å². The first-order valence-corrected chi connectivity index (χ1v) is 14.4. The number of anilines is 1. The molecule has 1 N–H and O–H groups in total. The lowest BCUT2D eigenvalue weighted by Crippen LogP contribution is -2.56. The number of amides is 1. The summed E-state index contributed by atoms with van der Waals surface area (Å²) in [7, 11) is 0. The zero-order valence-electron chi connectivity index (χ0n) is 23.9. The summed E-state index contributed by atoms with van der Waals surface area (Å²) < 4.78 is 7.32. The number of piperazine rings is 1. The van der Waals surface area contributed by atoms with Crippen LogP contribution in [0.15, 0.2) is 42.6 Å². The van der Waals surface area contributed by atoms with E-state index in [1.165, 1.54) is 0 Å². The topological polar surface area (TPSA) is 91.5 Å². The van der Waals surface area contributed by atoms with Gasteiger partial charge in [0.15, 0.2) is 0 Å². The summed E-state index contributed by atoms with van der Waals surface area (Å²) in [5, 5.41) is 15.2. The van der Waals surface area contributed by atoms with E-state index in [0.717, 1.165) is 22.2 Å². The van der Waals surface area contributed by atoms with E-state index >= 15 is 0 Å². The second kappa shape index (κ2) is 11.8. The summed E-state index contributed by atoms with van der Waals surface area (Å²) in [6.45, 7) is 12.9. The summed E-state index contributed by atoms with van der Waals surface area (Å²) in [5.41, 5.74) is 1.95. The van der Waals surface area contributed by atoms with Gasteiger partial charge in [-0.05, 0) is 76.9 Å². The van der Waals surface area contributed by atoms with E-state index in [0.29, 0.717) is 36.1 Å². The predicted octanol–water partition coefficient (Wildman–Crippen LogP) is 6.38. The first kappa shape index (κ1) is 29.9. The van der Waals surface area contributed by atoms with Gasteiger partial charge in [0.05, 0.1) is 23.7 Å². The van der Waals surface area contributed by atoms with Crippen molar-refractivity contribution in [1.29, 1.82) is 5.41 Å². The van der Waals surface area contributed by atoms with Gasteiger partial charge in [-0.3, -0.25) is 14.9 Å². The van der Waals surface area contributed by atoms with Gasteiger partial charge in [-0.1, -0.05) is 36.2 Å². The molecule has 1 aliphatic rings. The molecule has 2 heterocycles. The Morgan fingerprint density at radius 1 is 1.15 bits per heavy atom. The minimum absolute atomic E-state index is 0.0998. The fourth-order valence-corrected chi connectivity index (χ4v) is 5.77. The van der Waals surface area contributed by atoms with Crippen LogP contribution in [-0.4, -0.2) is 63.5 Å². The van der Waals surface area contributed by atoms with Gasteiger partial charge in [-0.15, -0.1) is 0 Å². The average Bonchev–Trinajstić information content (AvgIpc) is 3.31. The van der Waals surface area contributed by atoms with E-state index < -0.39 is 17.5 Å². The molecule has 0 spiro atoms. The van der Waals surface area contributed by atoms with E-state index in [9.17, 15) is 9.59 Å². The number of nitrogens with zero attached hydrogens (tertiary/aromatic N) is 4. The lowest BCUT2D eigenvalue weighted by atomic mass is 9.96. The minimum Gasteiger partial charge on any atom is -0.455 e. The third-order valence-corrected chi connectivity index (χ3v) is 7.87. The number of esters is 1. The smallest absolute Gasteiger partial charge is 0.353 e. The molecule has 40 heavy (non-hydrogen) atoms. The van der Waals surface area contributed by atoms with Gasteiger partial charge >= 0.3 is 5.97 Å². The monoisotopic (exact) mass is 585 g/mol. The average molecular weight is 587 g/mol. The summed E-state index contributed by atoms with van der Waals surface area (Å²) in [4.78, 5) is 30.0. The molecule has 1 aliphatic heterocycles. The number of carbonyl (C=O) groups excluding carboxylic acids is 2. The van der Waals surface area contributed by atoms with Gasteiger partial charge in [-0.25, -0.2) is 4.79 Å². The first-order chi connectivity index (χ1) is 18.8. The Balaban J connectivity index is 1.50. The maximum Gasteiger partial charge on any atom is 0.353 e. The molecule has 1 fully saturated rings. The molecule has 1 amide bonds. The summed E-state index contributed by atoms with van der Waals surface area (Å²) in [6.07, 6.45) is 2.21. The van der Waals surface area contributed by atoms with Crippen LogP contribution in [0.3, 0.4) is 0 Å². The number of hydrogen-bond donors (Lipinski definition) is 1. The van der Waals surface area contributed by atoms with E-state index in [-0.39, 0.29) is 23.7 Å². The van der Waals surface area contributed by atoms with Crippen LogP contribution in [0.5, 0.6) is 0 Å². The standard InChI is InChI=1S/C30H37Cl2N5O3/c1-7-23(27(33)29(39)40-30(4,5)6)28(38)36-13-12-35(17-18(36)2)22-10-8-20-16-34-37(26(20)15-22)19(3)24-11-9-21(31)14-25(24)32/h8-11,14-16,18-19,23,33H,7,12-13,17H2,1-6H3/t18-,19-,23-/m1/s1. The highest BCUT2D eigenvalue weighted by Crippen LogP contribution is 2.32. The van der Waals surface area contributed by atoms with Crippen molar-refractivity contribution in [2.45, 2.75) is 65.6 Å². The normalized spacial score (nSPS) is 17.6. The predicted molar refractivity (Wildman–Crippen MR) is 161 cm³/mol.